The van der Waals surface area contributed by atoms with Crippen LogP contribution in [0.25, 0.3) is 49.0 Å². The monoisotopic (exact) mass is 440 g/mol. The molecular weight excluding hydrogens is 415 g/mol. The molecule has 0 aliphatic carbocycles. The summed E-state index contributed by atoms with van der Waals surface area (Å²) in [7, 11) is 2.17. The van der Waals surface area contributed by atoms with Gasteiger partial charge in [-0.2, -0.15) is 0 Å². The van der Waals surface area contributed by atoms with Crippen molar-refractivity contribution in [2.24, 2.45) is 7.05 Å². The molecule has 29 heavy (non-hydrogen) atoms. The number of aromatic nitrogens is 3. The fraction of sp³-hybridized carbons (Fsp3) is 0.200. The van der Waals surface area contributed by atoms with Gasteiger partial charge in [-0.1, -0.05) is 0 Å². The van der Waals surface area contributed by atoms with Gasteiger partial charge in [0.05, 0.1) is 0 Å². The molecule has 4 heterocycles. The van der Waals surface area contributed by atoms with E-state index in [1.165, 1.54) is 54.6 Å². The molecule has 0 saturated heterocycles. The van der Waals surface area contributed by atoms with E-state index in [0.29, 0.717) is 0 Å². The first-order valence-corrected chi connectivity index (χ1v) is 17.6. The molecule has 2 aromatic carbocycles. The number of fused-ring (bicyclic) bond motifs is 5. The van der Waals surface area contributed by atoms with Gasteiger partial charge in [-0.25, -0.2) is 0 Å². The fourth-order valence-corrected chi connectivity index (χ4v) is 7.43. The molecule has 4 heteroatoms. The molecule has 0 saturated carbocycles. The third-order valence-electron chi connectivity index (χ3n) is 6.50. The van der Waals surface area contributed by atoms with Crippen molar-refractivity contribution in [1.82, 2.24) is 9.38 Å². The minimum absolute atomic E-state index is 1.20. The quantitative estimate of drug-likeness (QED) is 0.152. The molecular formula is C25H24GeN3+. The topological polar surface area (TPSA) is 21.2 Å². The van der Waals surface area contributed by atoms with Gasteiger partial charge in [0.15, 0.2) is 0 Å². The van der Waals surface area contributed by atoms with Crippen molar-refractivity contribution in [3.8, 4) is 0 Å². The van der Waals surface area contributed by atoms with Gasteiger partial charge in [0.1, 0.15) is 0 Å². The van der Waals surface area contributed by atoms with Crippen LogP contribution in [-0.4, -0.2) is 22.7 Å². The minimum atomic E-state index is -2.02. The van der Waals surface area contributed by atoms with Crippen molar-refractivity contribution in [3.05, 3.63) is 60.6 Å². The number of hydrogen-bond donors (Lipinski definition) is 0. The second-order valence-corrected chi connectivity index (χ2v) is 20.0. The number of aryl methyl sites for hydroxylation is 2. The van der Waals surface area contributed by atoms with E-state index in [9.17, 15) is 0 Å². The molecule has 0 aliphatic rings. The molecule has 0 aliphatic heterocycles. The predicted molar refractivity (Wildman–Crippen MR) is 125 cm³/mol. The standard InChI is InChI=1S/C25H24GeN3/c1-15-6-7-19-18-8-10-27-14-21(18)29-20-13-17(26(2,3)4)12-16-9-11-28(5)25(23(16)20)22(15)24(19)29/h6-14H,1-5H3/q+1. The summed E-state index contributed by atoms with van der Waals surface area (Å²) in [6, 6.07) is 13.9. The predicted octanol–water partition coefficient (Wildman–Crippen LogP) is 5.06. The average Bonchev–Trinajstić information content (AvgIpc) is 3.02. The molecule has 6 rings (SSSR count). The van der Waals surface area contributed by atoms with Gasteiger partial charge in [0.2, 0.25) is 0 Å². The first-order chi connectivity index (χ1) is 13.9. The third-order valence-corrected chi connectivity index (χ3v) is 10.7. The maximum atomic E-state index is 4.49. The summed E-state index contributed by atoms with van der Waals surface area (Å²) in [6.07, 6.45) is 6.16. The Balaban J connectivity index is 2.08. The Morgan fingerprint density at radius 1 is 0.931 bits per heavy atom. The molecule has 0 fully saturated rings. The van der Waals surface area contributed by atoms with Crippen molar-refractivity contribution < 1.29 is 4.57 Å². The molecule has 0 unspecified atom stereocenters. The van der Waals surface area contributed by atoms with Gasteiger partial charge >= 0.3 is 172 Å². The normalized spacial score (nSPS) is 13.0. The second-order valence-electron chi connectivity index (χ2n) is 9.37. The number of hydrogen-bond acceptors (Lipinski definition) is 1. The van der Waals surface area contributed by atoms with Crippen molar-refractivity contribution in [2.75, 3.05) is 0 Å². The zero-order valence-corrected chi connectivity index (χ0v) is 19.6. The van der Waals surface area contributed by atoms with Crippen LogP contribution in [0.5, 0.6) is 0 Å². The molecule has 3 nitrogen and oxygen atoms in total. The third kappa shape index (κ3) is 2.14. The molecule has 0 N–H and O–H groups in total. The number of nitrogens with zero attached hydrogens (tertiary/aromatic N) is 3. The van der Waals surface area contributed by atoms with Crippen LogP contribution in [-0.2, 0) is 7.05 Å². The Morgan fingerprint density at radius 2 is 1.76 bits per heavy atom. The molecule has 0 atom stereocenters. The number of benzene rings is 2. The van der Waals surface area contributed by atoms with E-state index in [-0.39, 0.29) is 0 Å². The molecule has 0 spiro atoms. The summed E-state index contributed by atoms with van der Waals surface area (Å²) in [5, 5.41) is 6.65. The molecule has 0 radical (unpaired) electrons. The summed E-state index contributed by atoms with van der Waals surface area (Å²) < 4.78 is 6.32. The number of pyridine rings is 3. The van der Waals surface area contributed by atoms with Crippen molar-refractivity contribution in [1.29, 1.82) is 0 Å². The maximum absolute atomic E-state index is 4.49. The van der Waals surface area contributed by atoms with E-state index < -0.39 is 13.3 Å². The van der Waals surface area contributed by atoms with Crippen molar-refractivity contribution in [3.63, 3.8) is 0 Å². The zero-order valence-electron chi connectivity index (χ0n) is 17.5. The average molecular weight is 439 g/mol. The Hall–Kier alpha value is -2.66. The Kier molecular flexibility index (Phi) is 3.26. The SMILES string of the molecule is Cc1ccc2c3ccncc3n3c4c[c]([Ge]([CH3])([CH3])[CH3])cc5cc[n+](C)c(c1c23)c54. The molecule has 4 aromatic heterocycles. The second kappa shape index (κ2) is 5.48. The van der Waals surface area contributed by atoms with E-state index in [1.807, 2.05) is 12.4 Å². The molecule has 6 aromatic rings. The van der Waals surface area contributed by atoms with Gasteiger partial charge in [-0.3, -0.25) is 0 Å². The van der Waals surface area contributed by atoms with Crippen LogP contribution in [0.1, 0.15) is 5.56 Å². The van der Waals surface area contributed by atoms with E-state index in [0.717, 1.165) is 0 Å². The van der Waals surface area contributed by atoms with Crippen LogP contribution in [0, 0.1) is 6.92 Å². The summed E-state index contributed by atoms with van der Waals surface area (Å²) in [6.45, 7) is 2.23. The van der Waals surface area contributed by atoms with Gasteiger partial charge in [0, 0.05) is 0 Å². The summed E-state index contributed by atoms with van der Waals surface area (Å²) in [5.74, 6) is 7.43. The zero-order chi connectivity index (χ0) is 20.1. The first kappa shape index (κ1) is 17.2. The first-order valence-electron chi connectivity index (χ1n) is 10.2. The van der Waals surface area contributed by atoms with Gasteiger partial charge in [-0.05, 0) is 0 Å². The Morgan fingerprint density at radius 3 is 2.55 bits per heavy atom. The van der Waals surface area contributed by atoms with E-state index >= 15 is 0 Å². The van der Waals surface area contributed by atoms with Gasteiger partial charge in [0.25, 0.3) is 0 Å². The van der Waals surface area contributed by atoms with Crippen LogP contribution < -0.4 is 8.96 Å². The number of rotatable bonds is 1. The summed E-state index contributed by atoms with van der Waals surface area (Å²) >= 11 is -2.02. The van der Waals surface area contributed by atoms with Crippen molar-refractivity contribution >= 4 is 66.7 Å². The van der Waals surface area contributed by atoms with Gasteiger partial charge < -0.3 is 0 Å². The van der Waals surface area contributed by atoms with Crippen LogP contribution in [0.15, 0.2) is 55.0 Å². The van der Waals surface area contributed by atoms with Crippen molar-refractivity contribution in [2.45, 2.75) is 24.2 Å². The van der Waals surface area contributed by atoms with E-state index in [4.69, 9.17) is 0 Å². The summed E-state index contributed by atoms with van der Waals surface area (Å²) in [4.78, 5) is 4.49. The van der Waals surface area contributed by atoms with Crippen LogP contribution >= 0.6 is 0 Å². The molecule has 0 amide bonds. The van der Waals surface area contributed by atoms with Crippen LogP contribution in [0.3, 0.4) is 0 Å². The van der Waals surface area contributed by atoms with Gasteiger partial charge in [-0.15, -0.1) is 0 Å². The fourth-order valence-electron chi connectivity index (χ4n) is 5.00. The molecule has 142 valence electrons. The molecule has 0 bridgehead atoms. The van der Waals surface area contributed by atoms with Crippen LogP contribution in [0.4, 0.5) is 0 Å². The summed E-state index contributed by atoms with van der Waals surface area (Å²) in [5.41, 5.74) is 6.49. The van der Waals surface area contributed by atoms with E-state index in [1.54, 1.807) is 4.40 Å². The van der Waals surface area contributed by atoms with Crippen LogP contribution in [0.2, 0.25) is 17.3 Å². The Labute approximate surface area is 172 Å². The van der Waals surface area contributed by atoms with E-state index in [2.05, 4.69) is 87.8 Å². The Bertz CT molecular complexity index is 1600.